The number of rotatable bonds is 2. The van der Waals surface area contributed by atoms with E-state index in [1.807, 2.05) is 41.8 Å². The molecule has 4 rings (SSSR count). The summed E-state index contributed by atoms with van der Waals surface area (Å²) in [6, 6.07) is 12.5. The van der Waals surface area contributed by atoms with Crippen molar-refractivity contribution < 1.29 is 0 Å². The van der Waals surface area contributed by atoms with E-state index in [1.165, 1.54) is 12.8 Å². The highest BCUT2D eigenvalue weighted by Gasteiger charge is 2.23. The first kappa shape index (κ1) is 14.5. The molecule has 0 radical (unpaired) electrons. The Bertz CT molecular complexity index is 853. The van der Waals surface area contributed by atoms with Crippen molar-refractivity contribution in [2.45, 2.75) is 32.7 Å². The first-order valence-corrected chi connectivity index (χ1v) is 8.39. The van der Waals surface area contributed by atoms with Crippen molar-refractivity contribution in [3.8, 4) is 11.3 Å². The largest absolute Gasteiger partial charge is 0.354 e. The maximum Gasteiger partial charge on any atom is 0.158 e. The van der Waals surface area contributed by atoms with Gasteiger partial charge in [0.25, 0.3) is 0 Å². The highest BCUT2D eigenvalue weighted by Crippen LogP contribution is 2.28. The SMILES string of the molecule is Cc1cc(N2CCCC2C)n2nc(-c3ccc(Cl)cc3)cc2n1. The summed E-state index contributed by atoms with van der Waals surface area (Å²) in [4.78, 5) is 7.08. The fourth-order valence-corrected chi connectivity index (χ4v) is 3.45. The van der Waals surface area contributed by atoms with Crippen molar-refractivity contribution >= 4 is 23.1 Å². The lowest BCUT2D eigenvalue weighted by atomic mass is 10.2. The Hall–Kier alpha value is -2.07. The summed E-state index contributed by atoms with van der Waals surface area (Å²) in [6.07, 6.45) is 2.46. The molecule has 3 aromatic rings. The number of halogens is 1. The van der Waals surface area contributed by atoms with Crippen molar-refractivity contribution in [1.82, 2.24) is 14.6 Å². The van der Waals surface area contributed by atoms with Crippen LogP contribution < -0.4 is 4.90 Å². The summed E-state index contributed by atoms with van der Waals surface area (Å²) in [5.41, 5.74) is 3.89. The molecule has 23 heavy (non-hydrogen) atoms. The van der Waals surface area contributed by atoms with Gasteiger partial charge in [0.15, 0.2) is 5.65 Å². The lowest BCUT2D eigenvalue weighted by Crippen LogP contribution is -2.28. The second-order valence-corrected chi connectivity index (χ2v) is 6.68. The third-order valence-corrected chi connectivity index (χ3v) is 4.78. The van der Waals surface area contributed by atoms with E-state index in [0.717, 1.165) is 40.0 Å². The average Bonchev–Trinajstić information content (AvgIpc) is 3.13. The van der Waals surface area contributed by atoms with Crippen molar-refractivity contribution in [3.63, 3.8) is 0 Å². The number of anilines is 1. The van der Waals surface area contributed by atoms with Crippen LogP contribution in [0.25, 0.3) is 16.9 Å². The van der Waals surface area contributed by atoms with E-state index in [2.05, 4.69) is 22.9 Å². The molecular weight excluding hydrogens is 308 g/mol. The monoisotopic (exact) mass is 326 g/mol. The van der Waals surface area contributed by atoms with Crippen LogP contribution in [0.5, 0.6) is 0 Å². The normalized spacial score (nSPS) is 18.0. The van der Waals surface area contributed by atoms with Gasteiger partial charge in [-0.2, -0.15) is 9.61 Å². The van der Waals surface area contributed by atoms with E-state index in [9.17, 15) is 0 Å². The van der Waals surface area contributed by atoms with Crippen LogP contribution in [-0.2, 0) is 0 Å². The zero-order valence-electron chi connectivity index (χ0n) is 13.3. The van der Waals surface area contributed by atoms with Gasteiger partial charge in [-0.15, -0.1) is 0 Å². The Morgan fingerprint density at radius 3 is 2.65 bits per heavy atom. The second-order valence-electron chi connectivity index (χ2n) is 6.25. The fourth-order valence-electron chi connectivity index (χ4n) is 3.32. The van der Waals surface area contributed by atoms with E-state index in [-0.39, 0.29) is 0 Å². The predicted octanol–water partition coefficient (Wildman–Crippen LogP) is 4.35. The summed E-state index contributed by atoms with van der Waals surface area (Å²) in [6.45, 7) is 5.40. The fraction of sp³-hybridized carbons (Fsp3) is 0.333. The number of hydrogen-bond donors (Lipinski definition) is 0. The third kappa shape index (κ3) is 2.57. The molecule has 0 spiro atoms. The van der Waals surface area contributed by atoms with Gasteiger partial charge in [0.1, 0.15) is 5.82 Å². The molecule has 0 bridgehead atoms. The quantitative estimate of drug-likeness (QED) is 0.702. The molecule has 0 saturated carbocycles. The first-order chi connectivity index (χ1) is 11.1. The number of aromatic nitrogens is 3. The zero-order valence-corrected chi connectivity index (χ0v) is 14.1. The molecule has 1 unspecified atom stereocenters. The van der Waals surface area contributed by atoms with Gasteiger partial charge in [-0.3, -0.25) is 0 Å². The summed E-state index contributed by atoms with van der Waals surface area (Å²) in [5.74, 6) is 1.14. The van der Waals surface area contributed by atoms with E-state index in [4.69, 9.17) is 16.7 Å². The van der Waals surface area contributed by atoms with Gasteiger partial charge in [0.05, 0.1) is 5.69 Å². The Morgan fingerprint density at radius 2 is 1.96 bits per heavy atom. The predicted molar refractivity (Wildman–Crippen MR) is 94.2 cm³/mol. The molecule has 1 saturated heterocycles. The van der Waals surface area contributed by atoms with Crippen LogP contribution in [0.3, 0.4) is 0 Å². The van der Waals surface area contributed by atoms with Gasteiger partial charge >= 0.3 is 0 Å². The molecule has 0 amide bonds. The number of benzene rings is 1. The minimum absolute atomic E-state index is 0.545. The smallest absolute Gasteiger partial charge is 0.158 e. The summed E-state index contributed by atoms with van der Waals surface area (Å²) < 4.78 is 1.97. The Kier molecular flexibility index (Phi) is 3.49. The Balaban J connectivity index is 1.86. The van der Waals surface area contributed by atoms with Gasteiger partial charge in [0, 0.05) is 41.0 Å². The average molecular weight is 327 g/mol. The highest BCUT2D eigenvalue weighted by atomic mass is 35.5. The lowest BCUT2D eigenvalue weighted by Gasteiger charge is -2.24. The Labute approximate surface area is 140 Å². The maximum atomic E-state index is 5.98. The molecule has 4 nitrogen and oxygen atoms in total. The van der Waals surface area contributed by atoms with E-state index < -0.39 is 0 Å². The first-order valence-electron chi connectivity index (χ1n) is 8.02. The van der Waals surface area contributed by atoms with Crippen molar-refractivity contribution in [2.75, 3.05) is 11.4 Å². The van der Waals surface area contributed by atoms with Crippen molar-refractivity contribution in [3.05, 3.63) is 47.1 Å². The van der Waals surface area contributed by atoms with Crippen LogP contribution in [0.1, 0.15) is 25.5 Å². The van der Waals surface area contributed by atoms with E-state index >= 15 is 0 Å². The molecule has 1 atom stereocenters. The molecule has 1 aliphatic heterocycles. The van der Waals surface area contributed by atoms with Crippen LogP contribution in [0.15, 0.2) is 36.4 Å². The molecule has 118 valence electrons. The van der Waals surface area contributed by atoms with Gasteiger partial charge in [-0.1, -0.05) is 23.7 Å². The van der Waals surface area contributed by atoms with Crippen LogP contribution >= 0.6 is 11.6 Å². The van der Waals surface area contributed by atoms with Crippen molar-refractivity contribution in [1.29, 1.82) is 0 Å². The summed E-state index contributed by atoms with van der Waals surface area (Å²) in [7, 11) is 0. The molecule has 1 aliphatic rings. The van der Waals surface area contributed by atoms with E-state index in [1.54, 1.807) is 0 Å². The molecule has 2 aromatic heterocycles. The van der Waals surface area contributed by atoms with Crippen LogP contribution in [0, 0.1) is 6.92 Å². The lowest BCUT2D eigenvalue weighted by molar-refractivity contribution is 0.712. The van der Waals surface area contributed by atoms with Gasteiger partial charge < -0.3 is 4.90 Å². The third-order valence-electron chi connectivity index (χ3n) is 4.52. The number of hydrogen-bond acceptors (Lipinski definition) is 3. The zero-order chi connectivity index (χ0) is 16.0. The minimum Gasteiger partial charge on any atom is -0.354 e. The Morgan fingerprint density at radius 1 is 1.17 bits per heavy atom. The summed E-state index contributed by atoms with van der Waals surface area (Å²) in [5, 5.41) is 5.54. The second kappa shape index (κ2) is 5.53. The molecular formula is C18H19ClN4. The van der Waals surface area contributed by atoms with Crippen LogP contribution in [-0.4, -0.2) is 27.2 Å². The highest BCUT2D eigenvalue weighted by molar-refractivity contribution is 6.30. The topological polar surface area (TPSA) is 33.4 Å². The van der Waals surface area contributed by atoms with Gasteiger partial charge in [-0.25, -0.2) is 4.98 Å². The number of nitrogens with zero attached hydrogens (tertiary/aromatic N) is 4. The molecule has 5 heteroatoms. The van der Waals surface area contributed by atoms with E-state index in [0.29, 0.717) is 6.04 Å². The maximum absolute atomic E-state index is 5.98. The van der Waals surface area contributed by atoms with Crippen LogP contribution in [0.2, 0.25) is 5.02 Å². The molecule has 1 fully saturated rings. The van der Waals surface area contributed by atoms with Crippen molar-refractivity contribution in [2.24, 2.45) is 0 Å². The van der Waals surface area contributed by atoms with Crippen LogP contribution in [0.4, 0.5) is 5.82 Å². The number of fused-ring (bicyclic) bond motifs is 1. The summed E-state index contributed by atoms with van der Waals surface area (Å²) >= 11 is 5.98. The minimum atomic E-state index is 0.545. The van der Waals surface area contributed by atoms with Gasteiger partial charge in [0.2, 0.25) is 0 Å². The molecule has 1 aromatic carbocycles. The standard InChI is InChI=1S/C18H19ClN4/c1-12-10-18(22-9-3-4-13(22)2)23-17(20-12)11-16(21-23)14-5-7-15(19)8-6-14/h5-8,10-11,13H,3-4,9H2,1-2H3. The van der Waals surface area contributed by atoms with Gasteiger partial charge in [-0.05, 0) is 38.8 Å². The molecule has 3 heterocycles. The number of aryl methyl sites for hydroxylation is 1. The molecule has 0 aliphatic carbocycles. The molecule has 0 N–H and O–H groups in total.